The van der Waals surface area contributed by atoms with Gasteiger partial charge in [-0.05, 0) is 31.7 Å². The molecule has 0 radical (unpaired) electrons. The second-order valence-corrected chi connectivity index (χ2v) is 8.48. The molecule has 0 unspecified atom stereocenters. The van der Waals surface area contributed by atoms with Crippen molar-refractivity contribution in [2.24, 2.45) is 0 Å². The van der Waals surface area contributed by atoms with E-state index in [9.17, 15) is 8.42 Å². The van der Waals surface area contributed by atoms with E-state index in [0.717, 1.165) is 42.6 Å². The van der Waals surface area contributed by atoms with Gasteiger partial charge in [0.1, 0.15) is 23.0 Å². The van der Waals surface area contributed by atoms with E-state index in [4.69, 9.17) is 4.52 Å². The first-order valence-electron chi connectivity index (χ1n) is 8.67. The van der Waals surface area contributed by atoms with Crippen LogP contribution in [0.1, 0.15) is 41.2 Å². The Balaban J connectivity index is 1.65. The Bertz CT molecular complexity index is 1020. The van der Waals surface area contributed by atoms with Crippen molar-refractivity contribution < 1.29 is 12.9 Å². The number of aryl methyl sites for hydroxylation is 2. The molecular weight excluding hydrogens is 352 g/mol. The number of benzene rings is 1. The summed E-state index contributed by atoms with van der Waals surface area (Å²) in [6, 6.07) is 9.66. The highest BCUT2D eigenvalue weighted by atomic mass is 32.2. The van der Waals surface area contributed by atoms with E-state index >= 15 is 0 Å². The van der Waals surface area contributed by atoms with Crippen molar-refractivity contribution in [2.45, 2.75) is 50.1 Å². The predicted octanol–water partition coefficient (Wildman–Crippen LogP) is 2.48. The molecule has 0 amide bonds. The number of fused-ring (bicyclic) bond motifs is 1. The number of hydrogen-bond donors (Lipinski definition) is 0. The lowest BCUT2D eigenvalue weighted by Crippen LogP contribution is -2.16. The fourth-order valence-corrected chi connectivity index (χ4v) is 4.76. The molecule has 7 nitrogen and oxygen atoms in total. The molecule has 0 atom stereocenters. The summed E-state index contributed by atoms with van der Waals surface area (Å²) in [4.78, 5) is 0. The SMILES string of the molecule is Cc1nnc(S(=O)(=O)Cc2noc3c2CCCC3)n1Cc1ccccc1. The Morgan fingerprint density at radius 3 is 2.69 bits per heavy atom. The van der Waals surface area contributed by atoms with Gasteiger partial charge in [0.05, 0.1) is 6.54 Å². The molecule has 0 aliphatic heterocycles. The molecule has 1 aliphatic rings. The van der Waals surface area contributed by atoms with Gasteiger partial charge in [0.25, 0.3) is 0 Å². The topological polar surface area (TPSA) is 90.9 Å². The summed E-state index contributed by atoms with van der Waals surface area (Å²) in [5.41, 5.74) is 2.45. The first-order valence-corrected chi connectivity index (χ1v) is 10.3. The quantitative estimate of drug-likeness (QED) is 0.683. The molecule has 2 heterocycles. The Morgan fingerprint density at radius 2 is 1.88 bits per heavy atom. The van der Waals surface area contributed by atoms with Gasteiger partial charge in [-0.15, -0.1) is 10.2 Å². The van der Waals surface area contributed by atoms with Crippen molar-refractivity contribution in [1.29, 1.82) is 0 Å². The number of nitrogens with zero attached hydrogens (tertiary/aromatic N) is 4. The second kappa shape index (κ2) is 6.68. The fourth-order valence-electron chi connectivity index (χ4n) is 3.35. The van der Waals surface area contributed by atoms with Crippen LogP contribution in [0.5, 0.6) is 0 Å². The minimum atomic E-state index is -3.68. The summed E-state index contributed by atoms with van der Waals surface area (Å²) in [5, 5.41) is 11.9. The average molecular weight is 372 g/mol. The molecular formula is C18H20N4O3S. The second-order valence-electron chi connectivity index (χ2n) is 6.60. The number of aromatic nitrogens is 4. The highest BCUT2D eigenvalue weighted by Crippen LogP contribution is 2.27. The van der Waals surface area contributed by atoms with Crippen LogP contribution in [0.25, 0.3) is 0 Å². The zero-order valence-electron chi connectivity index (χ0n) is 14.6. The fraction of sp³-hybridized carbons (Fsp3) is 0.389. The van der Waals surface area contributed by atoms with Gasteiger partial charge in [-0.1, -0.05) is 35.5 Å². The lowest BCUT2D eigenvalue weighted by Gasteiger charge is -2.11. The zero-order valence-corrected chi connectivity index (χ0v) is 15.4. The van der Waals surface area contributed by atoms with Crippen molar-refractivity contribution in [3.63, 3.8) is 0 Å². The number of sulfone groups is 1. The Kier molecular flexibility index (Phi) is 4.36. The van der Waals surface area contributed by atoms with E-state index in [-0.39, 0.29) is 10.9 Å². The normalized spacial score (nSPS) is 14.3. The van der Waals surface area contributed by atoms with Crippen molar-refractivity contribution >= 4 is 9.84 Å². The Hall–Kier alpha value is -2.48. The van der Waals surface area contributed by atoms with Crippen molar-refractivity contribution in [3.8, 4) is 0 Å². The van der Waals surface area contributed by atoms with E-state index in [2.05, 4.69) is 15.4 Å². The minimum absolute atomic E-state index is 0.0218. The van der Waals surface area contributed by atoms with Crippen LogP contribution in [0, 0.1) is 6.92 Å². The molecule has 2 aromatic heterocycles. The van der Waals surface area contributed by atoms with E-state index in [0.29, 0.717) is 18.1 Å². The van der Waals surface area contributed by atoms with Gasteiger partial charge < -0.3 is 4.52 Å². The molecule has 0 bridgehead atoms. The maximum absolute atomic E-state index is 13.0. The maximum atomic E-state index is 13.0. The van der Waals surface area contributed by atoms with Crippen LogP contribution in [0.3, 0.4) is 0 Å². The first kappa shape index (κ1) is 17.0. The molecule has 8 heteroatoms. The van der Waals surface area contributed by atoms with Crippen LogP contribution in [0.4, 0.5) is 0 Å². The van der Waals surface area contributed by atoms with Crippen molar-refractivity contribution in [2.75, 3.05) is 0 Å². The third-order valence-corrected chi connectivity index (χ3v) is 6.23. The number of hydrogen-bond acceptors (Lipinski definition) is 6. The lowest BCUT2D eigenvalue weighted by atomic mass is 9.97. The summed E-state index contributed by atoms with van der Waals surface area (Å²) in [5.74, 6) is 1.18. The summed E-state index contributed by atoms with van der Waals surface area (Å²) in [7, 11) is -3.68. The monoisotopic (exact) mass is 372 g/mol. The summed E-state index contributed by atoms with van der Waals surface area (Å²) in [6.45, 7) is 2.16. The van der Waals surface area contributed by atoms with Gasteiger partial charge in [-0.3, -0.25) is 4.57 Å². The molecule has 1 aromatic carbocycles. The van der Waals surface area contributed by atoms with E-state index in [1.807, 2.05) is 30.3 Å². The van der Waals surface area contributed by atoms with E-state index in [1.165, 1.54) is 0 Å². The van der Waals surface area contributed by atoms with Crippen LogP contribution < -0.4 is 0 Å². The molecule has 136 valence electrons. The van der Waals surface area contributed by atoms with Crippen LogP contribution in [0.2, 0.25) is 0 Å². The zero-order chi connectivity index (χ0) is 18.1. The molecule has 1 aliphatic carbocycles. The smallest absolute Gasteiger partial charge is 0.250 e. The van der Waals surface area contributed by atoms with Crippen molar-refractivity contribution in [1.82, 2.24) is 19.9 Å². The molecule has 0 spiro atoms. The largest absolute Gasteiger partial charge is 0.361 e. The standard InChI is InChI=1S/C18H20N4O3S/c1-13-19-20-18(22(13)11-14-7-3-2-4-8-14)26(23,24)12-16-15-9-5-6-10-17(15)25-21-16/h2-4,7-8H,5-6,9-12H2,1H3. The minimum Gasteiger partial charge on any atom is -0.361 e. The summed E-state index contributed by atoms with van der Waals surface area (Å²) in [6.07, 6.45) is 3.73. The van der Waals surface area contributed by atoms with E-state index < -0.39 is 9.84 Å². The average Bonchev–Trinajstić information content (AvgIpc) is 3.21. The van der Waals surface area contributed by atoms with Gasteiger partial charge in [0, 0.05) is 12.0 Å². The van der Waals surface area contributed by atoms with Crippen LogP contribution in [0.15, 0.2) is 40.0 Å². The lowest BCUT2D eigenvalue weighted by molar-refractivity contribution is 0.369. The van der Waals surface area contributed by atoms with Crippen molar-refractivity contribution in [3.05, 3.63) is 58.7 Å². The Morgan fingerprint density at radius 1 is 1.12 bits per heavy atom. The molecule has 4 rings (SSSR count). The molecule has 0 fully saturated rings. The highest BCUT2D eigenvalue weighted by Gasteiger charge is 2.29. The summed E-state index contributed by atoms with van der Waals surface area (Å²) < 4.78 is 33.0. The van der Waals surface area contributed by atoms with Crippen LogP contribution >= 0.6 is 0 Å². The molecule has 3 aromatic rings. The molecule has 0 N–H and O–H groups in total. The van der Waals surface area contributed by atoms with Gasteiger partial charge >= 0.3 is 0 Å². The molecule has 0 saturated carbocycles. The number of rotatable bonds is 5. The van der Waals surface area contributed by atoms with Gasteiger partial charge in [0.15, 0.2) is 0 Å². The highest BCUT2D eigenvalue weighted by molar-refractivity contribution is 7.90. The van der Waals surface area contributed by atoms with Crippen LogP contribution in [-0.2, 0) is 35.0 Å². The van der Waals surface area contributed by atoms with Gasteiger partial charge in [0.2, 0.25) is 15.0 Å². The third-order valence-electron chi connectivity index (χ3n) is 4.72. The maximum Gasteiger partial charge on any atom is 0.250 e. The third kappa shape index (κ3) is 3.16. The first-order chi connectivity index (χ1) is 12.5. The predicted molar refractivity (Wildman–Crippen MR) is 94.3 cm³/mol. The summed E-state index contributed by atoms with van der Waals surface area (Å²) >= 11 is 0. The molecule has 26 heavy (non-hydrogen) atoms. The molecule has 0 saturated heterocycles. The Labute approximate surface area is 152 Å². The van der Waals surface area contributed by atoms with Gasteiger partial charge in [-0.25, -0.2) is 8.42 Å². The van der Waals surface area contributed by atoms with E-state index in [1.54, 1.807) is 11.5 Å². The van der Waals surface area contributed by atoms with Crippen LogP contribution in [-0.4, -0.2) is 28.3 Å². The van der Waals surface area contributed by atoms with Gasteiger partial charge in [-0.2, -0.15) is 0 Å².